The van der Waals surface area contributed by atoms with E-state index < -0.39 is 0 Å². The van der Waals surface area contributed by atoms with Crippen LogP contribution in [0.2, 0.25) is 5.02 Å². The number of carbonyl (C=O) groups is 1. The zero-order valence-electron chi connectivity index (χ0n) is 12.8. The first-order chi connectivity index (χ1) is 11.2. The minimum absolute atomic E-state index is 0.248. The number of nitrogens with one attached hydrogen (secondary N) is 1. The molecule has 0 atom stereocenters. The number of amides is 1. The van der Waals surface area contributed by atoms with Gasteiger partial charge in [-0.1, -0.05) is 29.8 Å². The normalized spacial score (nSPS) is 14.6. The van der Waals surface area contributed by atoms with E-state index in [9.17, 15) is 4.79 Å². The number of aromatic nitrogens is 2. The Labute approximate surface area is 140 Å². The average Bonchev–Trinajstić information content (AvgIpc) is 2.62. The third kappa shape index (κ3) is 3.99. The number of piperidine rings is 1. The molecule has 1 aliphatic heterocycles. The highest BCUT2D eigenvalue weighted by molar-refractivity contribution is 6.31. The van der Waals surface area contributed by atoms with Crippen molar-refractivity contribution in [1.82, 2.24) is 15.5 Å². The Morgan fingerprint density at radius 2 is 1.87 bits per heavy atom. The van der Waals surface area contributed by atoms with E-state index >= 15 is 0 Å². The first-order valence-electron chi connectivity index (χ1n) is 7.84. The van der Waals surface area contributed by atoms with Crippen LogP contribution in [0.3, 0.4) is 0 Å². The monoisotopic (exact) mass is 330 g/mol. The maximum atomic E-state index is 12.1. The maximum Gasteiger partial charge on any atom is 0.272 e. The second-order valence-corrected chi connectivity index (χ2v) is 6.01. The van der Waals surface area contributed by atoms with Crippen molar-refractivity contribution in [2.24, 2.45) is 0 Å². The summed E-state index contributed by atoms with van der Waals surface area (Å²) in [5.41, 5.74) is 1.19. The molecule has 120 valence electrons. The molecule has 0 aliphatic carbocycles. The molecule has 1 aliphatic rings. The summed E-state index contributed by atoms with van der Waals surface area (Å²) in [5.74, 6) is 0.593. The summed E-state index contributed by atoms with van der Waals surface area (Å²) < 4.78 is 0. The summed E-state index contributed by atoms with van der Waals surface area (Å²) in [4.78, 5) is 14.4. The van der Waals surface area contributed by atoms with Crippen LogP contribution >= 0.6 is 11.6 Å². The molecule has 0 saturated carbocycles. The van der Waals surface area contributed by atoms with Crippen LogP contribution in [0.25, 0.3) is 0 Å². The summed E-state index contributed by atoms with van der Waals surface area (Å²) in [7, 11) is 0. The van der Waals surface area contributed by atoms with Crippen molar-refractivity contribution < 1.29 is 4.79 Å². The molecule has 5 nitrogen and oxygen atoms in total. The minimum atomic E-state index is -0.248. The van der Waals surface area contributed by atoms with Crippen LogP contribution in [-0.2, 0) is 6.54 Å². The molecule has 0 bridgehead atoms. The molecule has 23 heavy (non-hydrogen) atoms. The van der Waals surface area contributed by atoms with Gasteiger partial charge >= 0.3 is 0 Å². The fraction of sp³-hybridized carbons (Fsp3) is 0.353. The highest BCUT2D eigenvalue weighted by atomic mass is 35.5. The molecule has 2 heterocycles. The standard InChI is InChI=1S/C17H19ClN4O/c18-14-7-3-2-6-13(14)12-19-17(23)15-8-9-16(21-20-15)22-10-4-1-5-11-22/h2-3,6-9H,1,4-5,10-12H2,(H,19,23). The van der Waals surface area contributed by atoms with Crippen LogP contribution in [0.15, 0.2) is 36.4 Å². The van der Waals surface area contributed by atoms with E-state index in [4.69, 9.17) is 11.6 Å². The molecule has 1 aromatic carbocycles. The molecule has 1 amide bonds. The molecule has 1 N–H and O–H groups in total. The van der Waals surface area contributed by atoms with Gasteiger partial charge in [0.1, 0.15) is 0 Å². The summed E-state index contributed by atoms with van der Waals surface area (Å²) in [6.07, 6.45) is 3.63. The molecule has 0 spiro atoms. The Hall–Kier alpha value is -2.14. The van der Waals surface area contributed by atoms with Gasteiger partial charge in [-0.15, -0.1) is 10.2 Å². The van der Waals surface area contributed by atoms with Gasteiger partial charge < -0.3 is 10.2 Å². The van der Waals surface area contributed by atoms with Gasteiger partial charge in [0.15, 0.2) is 11.5 Å². The van der Waals surface area contributed by atoms with Crippen molar-refractivity contribution in [2.75, 3.05) is 18.0 Å². The van der Waals surface area contributed by atoms with Crippen molar-refractivity contribution >= 4 is 23.3 Å². The van der Waals surface area contributed by atoms with E-state index in [0.717, 1.165) is 24.5 Å². The number of hydrogen-bond acceptors (Lipinski definition) is 4. The number of anilines is 1. The Morgan fingerprint density at radius 1 is 1.09 bits per heavy atom. The van der Waals surface area contributed by atoms with Gasteiger partial charge in [-0.05, 0) is 43.0 Å². The third-order valence-corrected chi connectivity index (χ3v) is 4.33. The summed E-state index contributed by atoms with van der Waals surface area (Å²) in [6, 6.07) is 11.0. The molecule has 0 radical (unpaired) electrons. The van der Waals surface area contributed by atoms with Crippen LogP contribution in [0.1, 0.15) is 35.3 Å². The van der Waals surface area contributed by atoms with Gasteiger partial charge in [0.25, 0.3) is 5.91 Å². The molecule has 3 rings (SSSR count). The molecule has 1 aromatic heterocycles. The average molecular weight is 331 g/mol. The Balaban J connectivity index is 1.60. The predicted octanol–water partition coefficient (Wildman–Crippen LogP) is 3.05. The number of halogens is 1. The molecule has 2 aromatic rings. The Morgan fingerprint density at radius 3 is 2.57 bits per heavy atom. The van der Waals surface area contributed by atoms with Gasteiger partial charge in [-0.2, -0.15) is 0 Å². The van der Waals surface area contributed by atoms with E-state index in [1.807, 2.05) is 24.3 Å². The van der Waals surface area contributed by atoms with Crippen molar-refractivity contribution in [2.45, 2.75) is 25.8 Å². The predicted molar refractivity (Wildman–Crippen MR) is 90.7 cm³/mol. The highest BCUT2D eigenvalue weighted by Gasteiger charge is 2.14. The molecule has 6 heteroatoms. The van der Waals surface area contributed by atoms with Crippen molar-refractivity contribution in [3.63, 3.8) is 0 Å². The third-order valence-electron chi connectivity index (χ3n) is 3.96. The fourth-order valence-electron chi connectivity index (χ4n) is 2.65. The van der Waals surface area contributed by atoms with E-state index in [-0.39, 0.29) is 5.91 Å². The lowest BCUT2D eigenvalue weighted by Crippen LogP contribution is -2.31. The van der Waals surface area contributed by atoms with E-state index in [0.29, 0.717) is 17.3 Å². The van der Waals surface area contributed by atoms with E-state index in [1.54, 1.807) is 12.1 Å². The summed E-state index contributed by atoms with van der Waals surface area (Å²) in [6.45, 7) is 2.38. The summed E-state index contributed by atoms with van der Waals surface area (Å²) >= 11 is 6.08. The van der Waals surface area contributed by atoms with Crippen LogP contribution in [0, 0.1) is 0 Å². The van der Waals surface area contributed by atoms with Gasteiger partial charge in [0, 0.05) is 24.7 Å². The SMILES string of the molecule is O=C(NCc1ccccc1Cl)c1ccc(N2CCCCC2)nn1. The van der Waals surface area contributed by atoms with Gasteiger partial charge in [0.05, 0.1) is 0 Å². The molecular formula is C17H19ClN4O. The molecule has 1 saturated heterocycles. The number of benzene rings is 1. The first kappa shape index (κ1) is 15.7. The first-order valence-corrected chi connectivity index (χ1v) is 8.22. The fourth-order valence-corrected chi connectivity index (χ4v) is 2.85. The maximum absolute atomic E-state index is 12.1. The van der Waals surface area contributed by atoms with Gasteiger partial charge in [-0.3, -0.25) is 4.79 Å². The van der Waals surface area contributed by atoms with Crippen molar-refractivity contribution in [3.8, 4) is 0 Å². The largest absolute Gasteiger partial charge is 0.355 e. The molecule has 1 fully saturated rings. The highest BCUT2D eigenvalue weighted by Crippen LogP contribution is 2.17. The molecule has 0 unspecified atom stereocenters. The van der Waals surface area contributed by atoms with Gasteiger partial charge in [0.2, 0.25) is 0 Å². The van der Waals surface area contributed by atoms with E-state index in [2.05, 4.69) is 20.4 Å². The van der Waals surface area contributed by atoms with Gasteiger partial charge in [-0.25, -0.2) is 0 Å². The zero-order chi connectivity index (χ0) is 16.1. The van der Waals surface area contributed by atoms with Crippen molar-refractivity contribution in [3.05, 3.63) is 52.7 Å². The second kappa shape index (κ2) is 7.42. The quantitative estimate of drug-likeness (QED) is 0.936. The number of nitrogens with zero attached hydrogens (tertiary/aromatic N) is 3. The Bertz CT molecular complexity index is 669. The van der Waals surface area contributed by atoms with Crippen LogP contribution in [0.5, 0.6) is 0 Å². The Kier molecular flexibility index (Phi) is 5.08. The lowest BCUT2D eigenvalue weighted by atomic mass is 10.1. The lowest BCUT2D eigenvalue weighted by Gasteiger charge is -2.27. The van der Waals surface area contributed by atoms with Crippen LogP contribution < -0.4 is 10.2 Å². The smallest absolute Gasteiger partial charge is 0.272 e. The zero-order valence-corrected chi connectivity index (χ0v) is 13.6. The van der Waals surface area contributed by atoms with Crippen LogP contribution in [-0.4, -0.2) is 29.2 Å². The van der Waals surface area contributed by atoms with E-state index in [1.165, 1.54) is 19.3 Å². The van der Waals surface area contributed by atoms with Crippen molar-refractivity contribution in [1.29, 1.82) is 0 Å². The minimum Gasteiger partial charge on any atom is -0.355 e. The number of carbonyl (C=O) groups excluding carboxylic acids is 1. The topological polar surface area (TPSA) is 58.1 Å². The number of hydrogen-bond donors (Lipinski definition) is 1. The lowest BCUT2D eigenvalue weighted by molar-refractivity contribution is 0.0945. The summed E-state index contributed by atoms with van der Waals surface area (Å²) in [5, 5.41) is 11.7. The molecular weight excluding hydrogens is 312 g/mol. The number of rotatable bonds is 4. The van der Waals surface area contributed by atoms with Crippen LogP contribution in [0.4, 0.5) is 5.82 Å². The second-order valence-electron chi connectivity index (χ2n) is 5.60.